The van der Waals surface area contributed by atoms with Crippen LogP contribution in [0.2, 0.25) is 0 Å². The fourth-order valence-electron chi connectivity index (χ4n) is 3.81. The molecule has 4 nitrogen and oxygen atoms in total. The van der Waals surface area contributed by atoms with Crippen LogP contribution in [0.15, 0.2) is 35.7 Å². The lowest BCUT2D eigenvalue weighted by Crippen LogP contribution is -3.14. The first-order chi connectivity index (χ1) is 13.1. The molecule has 142 valence electrons. The zero-order valence-electron chi connectivity index (χ0n) is 15.9. The standard InChI is InChI=1S/C21H25N3OS2/c1-15-9-11-26-19(15)13-23(2)20(25)14-24-10-5-6-16(12-24)21-22-17-7-3-4-8-18(17)27-21/h3-4,7-9,11,16H,5-6,10,12-14H2,1-2H3/p+1/t16-/m1/s1. The van der Waals surface area contributed by atoms with Gasteiger partial charge in [0.1, 0.15) is 5.01 Å². The smallest absolute Gasteiger partial charge is 0.277 e. The number of nitrogens with zero attached hydrogens (tertiary/aromatic N) is 2. The Hall–Kier alpha value is -1.76. The number of thiazole rings is 1. The van der Waals surface area contributed by atoms with Crippen LogP contribution < -0.4 is 4.90 Å². The predicted molar refractivity (Wildman–Crippen MR) is 113 cm³/mol. The van der Waals surface area contributed by atoms with E-state index in [1.807, 2.05) is 29.4 Å². The average Bonchev–Trinajstić information content (AvgIpc) is 3.28. The Kier molecular flexibility index (Phi) is 5.57. The molecular formula is C21H26N3OS2+. The van der Waals surface area contributed by atoms with Gasteiger partial charge in [0.25, 0.3) is 5.91 Å². The third-order valence-electron chi connectivity index (χ3n) is 5.45. The van der Waals surface area contributed by atoms with Crippen LogP contribution in [0, 0.1) is 6.92 Å². The van der Waals surface area contributed by atoms with Crippen LogP contribution in [0.4, 0.5) is 0 Å². The van der Waals surface area contributed by atoms with Gasteiger partial charge in [-0.15, -0.1) is 22.7 Å². The molecule has 27 heavy (non-hydrogen) atoms. The number of carbonyl (C=O) groups is 1. The second-order valence-corrected chi connectivity index (χ2v) is 9.58. The number of amides is 1. The highest BCUT2D eigenvalue weighted by molar-refractivity contribution is 7.18. The van der Waals surface area contributed by atoms with Gasteiger partial charge >= 0.3 is 0 Å². The molecule has 1 saturated heterocycles. The van der Waals surface area contributed by atoms with Gasteiger partial charge in [0.2, 0.25) is 0 Å². The van der Waals surface area contributed by atoms with Crippen molar-refractivity contribution in [1.29, 1.82) is 0 Å². The van der Waals surface area contributed by atoms with Gasteiger partial charge in [0.15, 0.2) is 6.54 Å². The number of benzene rings is 1. The Morgan fingerprint density at radius 2 is 2.19 bits per heavy atom. The number of hydrogen-bond donors (Lipinski definition) is 1. The summed E-state index contributed by atoms with van der Waals surface area (Å²) in [6.07, 6.45) is 2.35. The summed E-state index contributed by atoms with van der Waals surface area (Å²) in [4.78, 5) is 22.1. The minimum atomic E-state index is 0.239. The van der Waals surface area contributed by atoms with E-state index in [0.29, 0.717) is 12.5 Å². The number of aryl methyl sites for hydroxylation is 1. The van der Waals surface area contributed by atoms with Crippen LogP contribution in [0.25, 0.3) is 10.2 Å². The molecule has 1 aliphatic rings. The first kappa shape index (κ1) is 18.6. The van der Waals surface area contributed by atoms with Crippen LogP contribution in [-0.2, 0) is 11.3 Å². The van der Waals surface area contributed by atoms with Crippen molar-refractivity contribution in [3.8, 4) is 0 Å². The second kappa shape index (κ2) is 8.09. The molecule has 1 aromatic carbocycles. The van der Waals surface area contributed by atoms with Crippen molar-refractivity contribution in [2.45, 2.75) is 32.2 Å². The lowest BCUT2D eigenvalue weighted by molar-refractivity contribution is -0.898. The molecule has 1 unspecified atom stereocenters. The van der Waals surface area contributed by atoms with Crippen molar-refractivity contribution >= 4 is 38.8 Å². The van der Waals surface area contributed by atoms with Crippen LogP contribution in [0.3, 0.4) is 0 Å². The van der Waals surface area contributed by atoms with E-state index in [1.54, 1.807) is 11.3 Å². The van der Waals surface area contributed by atoms with E-state index in [2.05, 4.69) is 36.6 Å². The number of thiophene rings is 1. The number of quaternary nitrogens is 1. The average molecular weight is 401 g/mol. The summed E-state index contributed by atoms with van der Waals surface area (Å²) >= 11 is 3.55. The maximum absolute atomic E-state index is 12.7. The van der Waals surface area contributed by atoms with E-state index in [-0.39, 0.29) is 5.91 Å². The molecule has 3 heterocycles. The molecule has 1 fully saturated rings. The molecule has 0 saturated carbocycles. The van der Waals surface area contributed by atoms with Gasteiger partial charge in [0.05, 0.1) is 35.8 Å². The zero-order valence-corrected chi connectivity index (χ0v) is 17.5. The van der Waals surface area contributed by atoms with Gasteiger partial charge in [-0.3, -0.25) is 4.79 Å². The summed E-state index contributed by atoms with van der Waals surface area (Å²) in [5, 5.41) is 3.34. The number of rotatable bonds is 5. The van der Waals surface area contributed by atoms with Gasteiger partial charge in [0, 0.05) is 11.9 Å². The first-order valence-corrected chi connectivity index (χ1v) is 11.3. The summed E-state index contributed by atoms with van der Waals surface area (Å²) < 4.78 is 1.27. The Labute approximate surface area is 168 Å². The predicted octanol–water partition coefficient (Wildman–Crippen LogP) is 3.09. The van der Waals surface area contributed by atoms with Crippen molar-refractivity contribution < 1.29 is 9.69 Å². The van der Waals surface area contributed by atoms with Gasteiger partial charge in [-0.1, -0.05) is 12.1 Å². The molecule has 0 radical (unpaired) electrons. The summed E-state index contributed by atoms with van der Waals surface area (Å²) in [6.45, 7) is 5.51. The maximum atomic E-state index is 12.7. The first-order valence-electron chi connectivity index (χ1n) is 9.56. The Morgan fingerprint density at radius 1 is 1.33 bits per heavy atom. The fourth-order valence-corrected chi connectivity index (χ4v) is 5.87. The Bertz CT molecular complexity index is 899. The summed E-state index contributed by atoms with van der Waals surface area (Å²) in [7, 11) is 1.93. The van der Waals surface area contributed by atoms with E-state index < -0.39 is 0 Å². The number of likely N-dealkylation sites (tertiary alicyclic amines) is 1. The van der Waals surface area contributed by atoms with Crippen molar-refractivity contribution in [2.24, 2.45) is 0 Å². The fraction of sp³-hybridized carbons (Fsp3) is 0.429. The lowest BCUT2D eigenvalue weighted by atomic mass is 9.99. The number of piperidine rings is 1. The second-order valence-electron chi connectivity index (χ2n) is 7.52. The van der Waals surface area contributed by atoms with Crippen LogP contribution in [0.5, 0.6) is 0 Å². The number of aromatic nitrogens is 1. The Morgan fingerprint density at radius 3 is 2.96 bits per heavy atom. The molecule has 1 amide bonds. The van der Waals surface area contributed by atoms with Crippen molar-refractivity contribution in [1.82, 2.24) is 9.88 Å². The monoisotopic (exact) mass is 400 g/mol. The third-order valence-corrected chi connectivity index (χ3v) is 7.66. The summed E-state index contributed by atoms with van der Waals surface area (Å²) in [5.74, 6) is 0.714. The number of carbonyl (C=O) groups excluding carboxylic acids is 1. The minimum absolute atomic E-state index is 0.239. The van der Waals surface area contributed by atoms with E-state index in [4.69, 9.17) is 4.98 Å². The third kappa shape index (κ3) is 4.23. The van der Waals surface area contributed by atoms with E-state index in [1.165, 1.54) is 31.5 Å². The molecule has 0 spiro atoms. The number of likely N-dealkylation sites (N-methyl/N-ethyl adjacent to an activating group) is 1. The van der Waals surface area contributed by atoms with E-state index in [9.17, 15) is 4.79 Å². The maximum Gasteiger partial charge on any atom is 0.277 e. The number of nitrogens with one attached hydrogen (secondary N) is 1. The molecule has 4 rings (SSSR count). The summed E-state index contributed by atoms with van der Waals surface area (Å²) in [6, 6.07) is 10.5. The number of para-hydroxylation sites is 1. The van der Waals surface area contributed by atoms with E-state index >= 15 is 0 Å². The Balaban J connectivity index is 1.37. The van der Waals surface area contributed by atoms with Crippen molar-refractivity contribution in [2.75, 3.05) is 26.7 Å². The van der Waals surface area contributed by atoms with Crippen molar-refractivity contribution in [3.05, 3.63) is 51.2 Å². The van der Waals surface area contributed by atoms with Gasteiger partial charge in [-0.25, -0.2) is 4.98 Å². The molecule has 0 aliphatic carbocycles. The minimum Gasteiger partial charge on any atom is -0.336 e. The topological polar surface area (TPSA) is 37.6 Å². The zero-order chi connectivity index (χ0) is 18.8. The molecule has 1 N–H and O–H groups in total. The largest absolute Gasteiger partial charge is 0.336 e. The quantitative estimate of drug-likeness (QED) is 0.715. The van der Waals surface area contributed by atoms with Crippen molar-refractivity contribution in [3.63, 3.8) is 0 Å². The van der Waals surface area contributed by atoms with Crippen LogP contribution in [-0.4, -0.2) is 42.5 Å². The molecule has 3 aromatic rings. The molecule has 0 bridgehead atoms. The van der Waals surface area contributed by atoms with E-state index in [0.717, 1.165) is 31.6 Å². The molecular weight excluding hydrogens is 374 g/mol. The highest BCUT2D eigenvalue weighted by Gasteiger charge is 2.29. The number of fused-ring (bicyclic) bond motifs is 1. The molecule has 2 atom stereocenters. The summed E-state index contributed by atoms with van der Waals surface area (Å²) in [5.41, 5.74) is 2.38. The van der Waals surface area contributed by atoms with Crippen LogP contribution >= 0.6 is 22.7 Å². The lowest BCUT2D eigenvalue weighted by Gasteiger charge is -2.29. The molecule has 1 aliphatic heterocycles. The van der Waals surface area contributed by atoms with Gasteiger partial charge in [-0.05, 0) is 48.9 Å². The SMILES string of the molecule is Cc1ccsc1CN(C)C(=O)C[NH+]1CCC[C@@H](c2nc3ccccc3s2)C1. The molecule has 2 aromatic heterocycles. The number of hydrogen-bond acceptors (Lipinski definition) is 4. The molecule has 6 heteroatoms. The van der Waals surface area contributed by atoms with Gasteiger partial charge in [-0.2, -0.15) is 0 Å². The van der Waals surface area contributed by atoms with Gasteiger partial charge < -0.3 is 9.80 Å². The normalized spacial score (nSPS) is 20.1. The van der Waals surface area contributed by atoms with Crippen LogP contribution in [0.1, 0.15) is 34.2 Å². The highest BCUT2D eigenvalue weighted by atomic mass is 32.1. The highest BCUT2D eigenvalue weighted by Crippen LogP contribution is 2.30.